The van der Waals surface area contributed by atoms with Crippen molar-refractivity contribution in [3.63, 3.8) is 0 Å². The Morgan fingerprint density at radius 2 is 2.38 bits per heavy atom. The predicted octanol–water partition coefficient (Wildman–Crippen LogP) is 3.07. The zero-order chi connectivity index (χ0) is 9.52. The molecule has 2 heteroatoms. The third-order valence-corrected chi connectivity index (χ3v) is 2.07. The Bertz CT molecular complexity index is 221. The number of hydrogen-bond acceptors (Lipinski definition) is 2. The lowest BCUT2D eigenvalue weighted by molar-refractivity contribution is 0.645. The van der Waals surface area contributed by atoms with Gasteiger partial charge in [0.25, 0.3) is 0 Å². The van der Waals surface area contributed by atoms with Crippen LogP contribution in [0.4, 0.5) is 5.69 Å². The van der Waals surface area contributed by atoms with Crippen LogP contribution in [0.5, 0.6) is 0 Å². The van der Waals surface area contributed by atoms with Crippen molar-refractivity contribution in [1.29, 1.82) is 0 Å². The smallest absolute Gasteiger partial charge is 0.0528 e. The van der Waals surface area contributed by atoms with Crippen molar-refractivity contribution < 1.29 is 0 Å². The molecule has 1 atom stereocenters. The first-order valence-electron chi connectivity index (χ1n) is 4.99. The molecule has 1 unspecified atom stereocenters. The second-order valence-electron chi connectivity index (χ2n) is 3.43. The normalized spacial score (nSPS) is 12.5. The monoisotopic (exact) mass is 178 g/mol. The van der Waals surface area contributed by atoms with Crippen LogP contribution in [-0.4, -0.2) is 11.0 Å². The van der Waals surface area contributed by atoms with Crippen LogP contribution in [0.2, 0.25) is 0 Å². The SMILES string of the molecule is CCCCC(C)Nc1cccnc1. The average molecular weight is 178 g/mol. The largest absolute Gasteiger partial charge is 0.381 e. The van der Waals surface area contributed by atoms with Gasteiger partial charge in [0.1, 0.15) is 0 Å². The molecule has 1 aromatic rings. The van der Waals surface area contributed by atoms with Crippen molar-refractivity contribution >= 4 is 5.69 Å². The van der Waals surface area contributed by atoms with Crippen LogP contribution in [0.15, 0.2) is 24.5 Å². The first-order valence-corrected chi connectivity index (χ1v) is 4.99. The van der Waals surface area contributed by atoms with Gasteiger partial charge in [-0.05, 0) is 25.5 Å². The first-order chi connectivity index (χ1) is 6.33. The lowest BCUT2D eigenvalue weighted by Gasteiger charge is -2.13. The number of unbranched alkanes of at least 4 members (excludes halogenated alkanes) is 1. The van der Waals surface area contributed by atoms with Crippen LogP contribution in [-0.2, 0) is 0 Å². The maximum Gasteiger partial charge on any atom is 0.0528 e. The van der Waals surface area contributed by atoms with E-state index in [1.807, 2.05) is 12.3 Å². The summed E-state index contributed by atoms with van der Waals surface area (Å²) in [4.78, 5) is 4.06. The van der Waals surface area contributed by atoms with E-state index in [0.717, 1.165) is 5.69 Å². The van der Waals surface area contributed by atoms with Gasteiger partial charge in [-0.15, -0.1) is 0 Å². The fraction of sp³-hybridized carbons (Fsp3) is 0.545. The molecule has 0 aliphatic heterocycles. The minimum absolute atomic E-state index is 0.546. The summed E-state index contributed by atoms with van der Waals surface area (Å²) in [6.45, 7) is 4.43. The van der Waals surface area contributed by atoms with Crippen LogP contribution < -0.4 is 5.32 Å². The molecule has 0 aromatic carbocycles. The average Bonchev–Trinajstić information content (AvgIpc) is 2.16. The molecule has 0 fully saturated rings. The van der Waals surface area contributed by atoms with Crippen molar-refractivity contribution in [2.24, 2.45) is 0 Å². The summed E-state index contributed by atoms with van der Waals surface area (Å²) in [5, 5.41) is 3.41. The summed E-state index contributed by atoms with van der Waals surface area (Å²) in [7, 11) is 0. The molecule has 0 amide bonds. The molecule has 0 saturated heterocycles. The quantitative estimate of drug-likeness (QED) is 0.749. The van der Waals surface area contributed by atoms with Gasteiger partial charge in [-0.25, -0.2) is 0 Å². The number of nitrogens with zero attached hydrogens (tertiary/aromatic N) is 1. The molecule has 0 aliphatic carbocycles. The predicted molar refractivity (Wildman–Crippen MR) is 56.8 cm³/mol. The molecule has 0 radical (unpaired) electrons. The second-order valence-corrected chi connectivity index (χ2v) is 3.43. The van der Waals surface area contributed by atoms with Crippen molar-refractivity contribution in [3.8, 4) is 0 Å². The van der Waals surface area contributed by atoms with E-state index in [4.69, 9.17) is 0 Å². The topological polar surface area (TPSA) is 24.9 Å². The highest BCUT2D eigenvalue weighted by Gasteiger charge is 1.99. The summed E-state index contributed by atoms with van der Waals surface area (Å²) >= 11 is 0. The van der Waals surface area contributed by atoms with Gasteiger partial charge in [-0.1, -0.05) is 19.8 Å². The van der Waals surface area contributed by atoms with E-state index < -0.39 is 0 Å². The van der Waals surface area contributed by atoms with Gasteiger partial charge in [-0.2, -0.15) is 0 Å². The van der Waals surface area contributed by atoms with Crippen molar-refractivity contribution in [2.75, 3.05) is 5.32 Å². The highest BCUT2D eigenvalue weighted by Crippen LogP contribution is 2.08. The number of hydrogen-bond donors (Lipinski definition) is 1. The molecule has 0 aliphatic rings. The molecular weight excluding hydrogens is 160 g/mol. The molecule has 0 spiro atoms. The van der Waals surface area contributed by atoms with Gasteiger partial charge >= 0.3 is 0 Å². The van der Waals surface area contributed by atoms with Crippen molar-refractivity contribution in [2.45, 2.75) is 39.2 Å². The summed E-state index contributed by atoms with van der Waals surface area (Å²) in [5.41, 5.74) is 1.12. The molecule has 13 heavy (non-hydrogen) atoms. The molecule has 1 aromatic heterocycles. The van der Waals surface area contributed by atoms with Gasteiger partial charge in [-0.3, -0.25) is 4.98 Å². The Hall–Kier alpha value is -1.05. The molecule has 0 saturated carbocycles. The Morgan fingerprint density at radius 3 is 3.00 bits per heavy atom. The van der Waals surface area contributed by atoms with Crippen LogP contribution in [0.3, 0.4) is 0 Å². The third-order valence-electron chi connectivity index (χ3n) is 2.07. The summed E-state index contributed by atoms with van der Waals surface area (Å²) in [6.07, 6.45) is 7.43. The maximum absolute atomic E-state index is 4.06. The minimum atomic E-state index is 0.546. The van der Waals surface area contributed by atoms with E-state index >= 15 is 0 Å². The highest BCUT2D eigenvalue weighted by atomic mass is 14.9. The summed E-state index contributed by atoms with van der Waals surface area (Å²) in [5.74, 6) is 0. The van der Waals surface area contributed by atoms with Crippen molar-refractivity contribution in [1.82, 2.24) is 4.98 Å². The second kappa shape index (κ2) is 5.57. The molecule has 2 nitrogen and oxygen atoms in total. The summed E-state index contributed by atoms with van der Waals surface area (Å²) < 4.78 is 0. The number of rotatable bonds is 5. The first kappa shape index (κ1) is 10.0. The van der Waals surface area contributed by atoms with Crippen LogP contribution in [0, 0.1) is 0 Å². The van der Waals surface area contributed by atoms with Gasteiger partial charge in [0.15, 0.2) is 0 Å². The lowest BCUT2D eigenvalue weighted by Crippen LogP contribution is -2.14. The minimum Gasteiger partial charge on any atom is -0.381 e. The third kappa shape index (κ3) is 3.92. The van der Waals surface area contributed by atoms with Crippen LogP contribution in [0.1, 0.15) is 33.1 Å². The molecule has 0 bridgehead atoms. The Morgan fingerprint density at radius 1 is 1.54 bits per heavy atom. The number of aromatic nitrogens is 1. The summed E-state index contributed by atoms with van der Waals surface area (Å²) in [6, 6.07) is 4.55. The van der Waals surface area contributed by atoms with E-state index in [1.165, 1.54) is 19.3 Å². The molecule has 72 valence electrons. The van der Waals surface area contributed by atoms with Gasteiger partial charge in [0.2, 0.25) is 0 Å². The Balaban J connectivity index is 2.32. The number of anilines is 1. The van der Waals surface area contributed by atoms with Crippen LogP contribution in [0.25, 0.3) is 0 Å². The molecular formula is C11H18N2. The molecule has 1 heterocycles. The van der Waals surface area contributed by atoms with Gasteiger partial charge in [0, 0.05) is 18.4 Å². The standard InChI is InChI=1S/C11H18N2/c1-3-4-6-10(2)13-11-7-5-8-12-9-11/h5,7-10,13H,3-4,6H2,1-2H3. The zero-order valence-corrected chi connectivity index (χ0v) is 8.46. The highest BCUT2D eigenvalue weighted by molar-refractivity contribution is 5.40. The van der Waals surface area contributed by atoms with E-state index in [0.29, 0.717) is 6.04 Å². The fourth-order valence-corrected chi connectivity index (χ4v) is 1.32. The van der Waals surface area contributed by atoms with Gasteiger partial charge < -0.3 is 5.32 Å². The lowest BCUT2D eigenvalue weighted by atomic mass is 10.1. The molecule has 1 rings (SSSR count). The van der Waals surface area contributed by atoms with E-state index in [2.05, 4.69) is 30.2 Å². The molecule has 1 N–H and O–H groups in total. The van der Waals surface area contributed by atoms with E-state index in [9.17, 15) is 0 Å². The van der Waals surface area contributed by atoms with E-state index in [-0.39, 0.29) is 0 Å². The van der Waals surface area contributed by atoms with Crippen LogP contribution >= 0.6 is 0 Å². The number of nitrogens with one attached hydrogen (secondary N) is 1. The fourth-order valence-electron chi connectivity index (χ4n) is 1.32. The zero-order valence-electron chi connectivity index (χ0n) is 8.46. The van der Waals surface area contributed by atoms with Gasteiger partial charge in [0.05, 0.1) is 5.69 Å². The Labute approximate surface area is 80.4 Å². The van der Waals surface area contributed by atoms with E-state index in [1.54, 1.807) is 6.20 Å². The van der Waals surface area contributed by atoms with Crippen molar-refractivity contribution in [3.05, 3.63) is 24.5 Å². The maximum atomic E-state index is 4.06. The number of pyridine rings is 1. The Kier molecular flexibility index (Phi) is 4.30.